The average molecular weight is 252 g/mol. The Bertz CT molecular complexity index is 425. The largest absolute Gasteiger partial charge is 0.497 e. The van der Waals surface area contributed by atoms with Crippen molar-refractivity contribution in [3.05, 3.63) is 29.8 Å². The second-order valence-corrected chi connectivity index (χ2v) is 3.42. The molecular weight excluding hydrogens is 236 g/mol. The average Bonchev–Trinajstić information content (AvgIpc) is 2.37. The van der Waals surface area contributed by atoms with Gasteiger partial charge in [-0.1, -0.05) is 0 Å². The Balaban J connectivity index is 2.89. The molecular formula is C13H16O5. The summed E-state index contributed by atoms with van der Waals surface area (Å²) in [7, 11) is 3.14. The van der Waals surface area contributed by atoms with Crippen LogP contribution in [-0.4, -0.2) is 38.5 Å². The lowest BCUT2D eigenvalue weighted by Gasteiger charge is -2.10. The highest BCUT2D eigenvalue weighted by Gasteiger charge is 2.04. The minimum absolute atomic E-state index is 0.386. The SMILES string of the molecule is COCCOc1cc(OC)ccc1C=CC(=O)O. The van der Waals surface area contributed by atoms with Crippen LogP contribution in [-0.2, 0) is 9.53 Å². The summed E-state index contributed by atoms with van der Waals surface area (Å²) in [5, 5.41) is 8.61. The fourth-order valence-electron chi connectivity index (χ4n) is 1.30. The minimum Gasteiger partial charge on any atom is -0.497 e. The van der Waals surface area contributed by atoms with Gasteiger partial charge in [-0.25, -0.2) is 4.79 Å². The third-order valence-corrected chi connectivity index (χ3v) is 2.17. The Kier molecular flexibility index (Phi) is 5.73. The van der Waals surface area contributed by atoms with Gasteiger partial charge < -0.3 is 19.3 Å². The second kappa shape index (κ2) is 7.34. The van der Waals surface area contributed by atoms with Crippen molar-refractivity contribution in [3.8, 4) is 11.5 Å². The number of methoxy groups -OCH3 is 2. The molecule has 0 heterocycles. The van der Waals surface area contributed by atoms with E-state index in [0.717, 1.165) is 6.08 Å². The molecule has 0 aromatic heterocycles. The van der Waals surface area contributed by atoms with Crippen LogP contribution in [0.25, 0.3) is 6.08 Å². The third kappa shape index (κ3) is 4.47. The highest BCUT2D eigenvalue weighted by molar-refractivity contribution is 5.86. The van der Waals surface area contributed by atoms with Gasteiger partial charge in [-0.15, -0.1) is 0 Å². The summed E-state index contributed by atoms with van der Waals surface area (Å²) in [4.78, 5) is 10.5. The number of benzene rings is 1. The first kappa shape index (κ1) is 14.1. The standard InChI is InChI=1S/C13H16O5/c1-16-7-8-18-12-9-11(17-2)5-3-10(12)4-6-13(14)15/h3-6,9H,7-8H2,1-2H3,(H,14,15). The number of hydrogen-bond donors (Lipinski definition) is 1. The van der Waals surface area contributed by atoms with Gasteiger partial charge in [0.15, 0.2) is 0 Å². The van der Waals surface area contributed by atoms with Crippen molar-refractivity contribution in [2.45, 2.75) is 0 Å². The molecule has 5 nitrogen and oxygen atoms in total. The zero-order chi connectivity index (χ0) is 13.4. The lowest BCUT2D eigenvalue weighted by atomic mass is 10.1. The number of ether oxygens (including phenoxy) is 3. The van der Waals surface area contributed by atoms with Gasteiger partial charge in [-0.05, 0) is 18.2 Å². The quantitative estimate of drug-likeness (QED) is 0.592. The highest BCUT2D eigenvalue weighted by Crippen LogP contribution is 2.25. The van der Waals surface area contributed by atoms with Crippen molar-refractivity contribution in [2.75, 3.05) is 27.4 Å². The summed E-state index contributed by atoms with van der Waals surface area (Å²) in [6.07, 6.45) is 2.54. The van der Waals surface area contributed by atoms with Gasteiger partial charge >= 0.3 is 5.97 Å². The molecule has 0 radical (unpaired) electrons. The summed E-state index contributed by atoms with van der Waals surface area (Å²) < 4.78 is 15.5. The molecule has 0 saturated carbocycles. The first-order chi connectivity index (χ1) is 8.67. The van der Waals surface area contributed by atoms with Crippen LogP contribution in [0.3, 0.4) is 0 Å². The molecule has 0 spiro atoms. The maximum absolute atomic E-state index is 10.5. The van der Waals surface area contributed by atoms with Gasteiger partial charge in [0.1, 0.15) is 18.1 Å². The Morgan fingerprint density at radius 2 is 2.11 bits per heavy atom. The fraction of sp³-hybridized carbons (Fsp3) is 0.308. The van der Waals surface area contributed by atoms with Crippen LogP contribution < -0.4 is 9.47 Å². The Labute approximate surface area is 106 Å². The van der Waals surface area contributed by atoms with Gasteiger partial charge in [0.25, 0.3) is 0 Å². The second-order valence-electron chi connectivity index (χ2n) is 3.42. The van der Waals surface area contributed by atoms with Crippen molar-refractivity contribution >= 4 is 12.0 Å². The number of hydrogen-bond acceptors (Lipinski definition) is 4. The summed E-state index contributed by atoms with van der Waals surface area (Å²) in [5.41, 5.74) is 0.675. The Hall–Kier alpha value is -2.01. The van der Waals surface area contributed by atoms with Crippen LogP contribution in [0.5, 0.6) is 11.5 Å². The lowest BCUT2D eigenvalue weighted by molar-refractivity contribution is -0.131. The van der Waals surface area contributed by atoms with Gasteiger partial charge in [0.05, 0.1) is 13.7 Å². The van der Waals surface area contributed by atoms with Crippen molar-refractivity contribution < 1.29 is 24.1 Å². The number of carboxylic acid groups (broad SMARTS) is 1. The molecule has 1 rings (SSSR count). The first-order valence-corrected chi connectivity index (χ1v) is 5.38. The third-order valence-electron chi connectivity index (χ3n) is 2.17. The number of rotatable bonds is 7. The number of aliphatic carboxylic acids is 1. The molecule has 1 N–H and O–H groups in total. The van der Waals surface area contributed by atoms with E-state index in [4.69, 9.17) is 19.3 Å². The Morgan fingerprint density at radius 1 is 1.33 bits per heavy atom. The van der Waals surface area contributed by atoms with Gasteiger partial charge in [0, 0.05) is 24.8 Å². The molecule has 0 aliphatic rings. The summed E-state index contributed by atoms with van der Waals surface area (Å²) in [6.45, 7) is 0.844. The number of carboxylic acids is 1. The summed E-state index contributed by atoms with van der Waals surface area (Å²) >= 11 is 0. The van der Waals surface area contributed by atoms with E-state index in [2.05, 4.69) is 0 Å². The molecule has 0 unspecified atom stereocenters. The number of carbonyl (C=O) groups is 1. The van der Waals surface area contributed by atoms with E-state index in [1.807, 2.05) is 0 Å². The molecule has 0 bridgehead atoms. The molecule has 1 aromatic rings. The fourth-order valence-corrected chi connectivity index (χ4v) is 1.30. The first-order valence-electron chi connectivity index (χ1n) is 5.38. The summed E-state index contributed by atoms with van der Waals surface area (Å²) in [6, 6.07) is 5.18. The molecule has 1 aromatic carbocycles. The molecule has 98 valence electrons. The molecule has 0 fully saturated rings. The molecule has 0 aliphatic carbocycles. The van der Waals surface area contributed by atoms with Crippen molar-refractivity contribution in [2.24, 2.45) is 0 Å². The molecule has 0 saturated heterocycles. The van der Waals surface area contributed by atoms with E-state index >= 15 is 0 Å². The lowest BCUT2D eigenvalue weighted by Crippen LogP contribution is -2.05. The van der Waals surface area contributed by atoms with Gasteiger partial charge in [-0.2, -0.15) is 0 Å². The van der Waals surface area contributed by atoms with E-state index in [-0.39, 0.29) is 0 Å². The monoisotopic (exact) mass is 252 g/mol. The Morgan fingerprint density at radius 3 is 2.72 bits per heavy atom. The maximum atomic E-state index is 10.5. The van der Waals surface area contributed by atoms with Crippen molar-refractivity contribution in [1.29, 1.82) is 0 Å². The zero-order valence-corrected chi connectivity index (χ0v) is 10.4. The predicted molar refractivity (Wildman–Crippen MR) is 67.0 cm³/mol. The summed E-state index contributed by atoms with van der Waals surface area (Å²) in [5.74, 6) is 0.201. The van der Waals surface area contributed by atoms with Crippen molar-refractivity contribution in [3.63, 3.8) is 0 Å². The van der Waals surface area contributed by atoms with Crippen LogP contribution in [0, 0.1) is 0 Å². The predicted octanol–water partition coefficient (Wildman–Crippen LogP) is 1.82. The molecule has 0 aliphatic heterocycles. The maximum Gasteiger partial charge on any atom is 0.328 e. The van der Waals surface area contributed by atoms with Crippen LogP contribution in [0.2, 0.25) is 0 Å². The van der Waals surface area contributed by atoms with E-state index in [9.17, 15) is 4.79 Å². The van der Waals surface area contributed by atoms with Gasteiger partial charge in [-0.3, -0.25) is 0 Å². The normalized spacial score (nSPS) is 10.6. The van der Waals surface area contributed by atoms with E-state index in [1.54, 1.807) is 32.4 Å². The van der Waals surface area contributed by atoms with Crippen LogP contribution in [0.1, 0.15) is 5.56 Å². The van der Waals surface area contributed by atoms with E-state index in [1.165, 1.54) is 6.08 Å². The molecule has 0 amide bonds. The van der Waals surface area contributed by atoms with E-state index < -0.39 is 5.97 Å². The molecule has 0 atom stereocenters. The topological polar surface area (TPSA) is 65.0 Å². The van der Waals surface area contributed by atoms with E-state index in [0.29, 0.717) is 30.3 Å². The molecule has 5 heteroatoms. The van der Waals surface area contributed by atoms with Crippen LogP contribution in [0.15, 0.2) is 24.3 Å². The molecule has 18 heavy (non-hydrogen) atoms. The van der Waals surface area contributed by atoms with Crippen LogP contribution >= 0.6 is 0 Å². The zero-order valence-electron chi connectivity index (χ0n) is 10.4. The smallest absolute Gasteiger partial charge is 0.328 e. The van der Waals surface area contributed by atoms with Crippen LogP contribution in [0.4, 0.5) is 0 Å². The van der Waals surface area contributed by atoms with Crippen molar-refractivity contribution in [1.82, 2.24) is 0 Å². The minimum atomic E-state index is -1.01. The highest BCUT2D eigenvalue weighted by atomic mass is 16.5. The van der Waals surface area contributed by atoms with Gasteiger partial charge in [0.2, 0.25) is 0 Å².